The second kappa shape index (κ2) is 6.12. The molecule has 0 aromatic carbocycles. The van der Waals surface area contributed by atoms with Gasteiger partial charge in [0, 0.05) is 24.5 Å². The predicted molar refractivity (Wildman–Crippen MR) is 70.7 cm³/mol. The van der Waals surface area contributed by atoms with Crippen LogP contribution in [-0.4, -0.2) is 16.5 Å². The van der Waals surface area contributed by atoms with Gasteiger partial charge in [0.05, 0.1) is 11.9 Å². The van der Waals surface area contributed by atoms with Gasteiger partial charge in [0.15, 0.2) is 0 Å². The molecule has 0 radical (unpaired) electrons. The zero-order valence-corrected chi connectivity index (χ0v) is 10.7. The maximum Gasteiger partial charge on any atom is 0.150 e. The van der Waals surface area contributed by atoms with E-state index in [-0.39, 0.29) is 0 Å². The van der Waals surface area contributed by atoms with Crippen molar-refractivity contribution < 1.29 is 4.74 Å². The summed E-state index contributed by atoms with van der Waals surface area (Å²) in [4.78, 5) is 8.31. The van der Waals surface area contributed by atoms with Gasteiger partial charge >= 0.3 is 0 Å². The van der Waals surface area contributed by atoms with Gasteiger partial charge in [0.2, 0.25) is 0 Å². The Morgan fingerprint density at radius 1 is 1.22 bits per heavy atom. The maximum atomic E-state index is 5.87. The lowest BCUT2D eigenvalue weighted by Crippen LogP contribution is -2.12. The number of aromatic nitrogens is 2. The third kappa shape index (κ3) is 3.05. The fraction of sp³-hybridized carbons (Fsp3) is 0.286. The molecule has 2 aromatic rings. The lowest BCUT2D eigenvalue weighted by Gasteiger charge is -2.11. The summed E-state index contributed by atoms with van der Waals surface area (Å²) in [5.74, 6) is 1.54. The van der Waals surface area contributed by atoms with Crippen LogP contribution in [0.25, 0.3) is 0 Å². The third-order valence-corrected chi connectivity index (χ3v) is 2.61. The van der Waals surface area contributed by atoms with Gasteiger partial charge in [-0.25, -0.2) is 0 Å². The van der Waals surface area contributed by atoms with E-state index in [4.69, 9.17) is 4.74 Å². The molecule has 0 atom stereocenters. The molecule has 4 heteroatoms. The Kier molecular flexibility index (Phi) is 4.25. The van der Waals surface area contributed by atoms with Gasteiger partial charge in [0.1, 0.15) is 11.5 Å². The van der Waals surface area contributed by atoms with E-state index in [1.165, 1.54) is 0 Å². The Hall–Kier alpha value is -1.94. The minimum atomic E-state index is 0.767. The van der Waals surface area contributed by atoms with Gasteiger partial charge in [-0.3, -0.25) is 9.97 Å². The van der Waals surface area contributed by atoms with Crippen LogP contribution >= 0.6 is 0 Å². The van der Waals surface area contributed by atoms with E-state index in [1.807, 2.05) is 25.1 Å². The van der Waals surface area contributed by atoms with Crippen molar-refractivity contribution >= 4 is 0 Å². The second-order valence-electron chi connectivity index (χ2n) is 3.95. The highest BCUT2D eigenvalue weighted by Crippen LogP contribution is 2.25. The van der Waals surface area contributed by atoms with Crippen molar-refractivity contribution in [1.82, 2.24) is 15.3 Å². The molecule has 2 aromatic heterocycles. The minimum Gasteiger partial charge on any atom is -0.453 e. The van der Waals surface area contributed by atoms with Crippen molar-refractivity contribution in [2.45, 2.75) is 20.4 Å². The molecular formula is C14H17N3O. The van der Waals surface area contributed by atoms with Crippen LogP contribution in [0.1, 0.15) is 18.2 Å². The molecule has 18 heavy (non-hydrogen) atoms. The molecule has 0 aliphatic rings. The number of pyridine rings is 2. The van der Waals surface area contributed by atoms with E-state index in [2.05, 4.69) is 22.2 Å². The van der Waals surface area contributed by atoms with E-state index in [0.717, 1.165) is 35.8 Å². The Labute approximate surface area is 107 Å². The quantitative estimate of drug-likeness (QED) is 0.877. The average molecular weight is 243 g/mol. The molecule has 0 bridgehead atoms. The highest BCUT2D eigenvalue weighted by atomic mass is 16.5. The van der Waals surface area contributed by atoms with Gasteiger partial charge in [-0.05, 0) is 31.7 Å². The van der Waals surface area contributed by atoms with Crippen LogP contribution in [0.3, 0.4) is 0 Å². The molecule has 94 valence electrons. The molecule has 0 fully saturated rings. The van der Waals surface area contributed by atoms with Crippen LogP contribution in [0.15, 0.2) is 36.8 Å². The summed E-state index contributed by atoms with van der Waals surface area (Å²) in [7, 11) is 0. The average Bonchev–Trinajstić information content (AvgIpc) is 2.40. The first-order chi connectivity index (χ1) is 8.81. The number of nitrogens with one attached hydrogen (secondary N) is 1. The smallest absolute Gasteiger partial charge is 0.150 e. The van der Waals surface area contributed by atoms with Crippen molar-refractivity contribution in [3.8, 4) is 11.5 Å². The largest absolute Gasteiger partial charge is 0.453 e. The summed E-state index contributed by atoms with van der Waals surface area (Å²) in [5.41, 5.74) is 1.96. The lowest BCUT2D eigenvalue weighted by atomic mass is 10.2. The zero-order chi connectivity index (χ0) is 12.8. The lowest BCUT2D eigenvalue weighted by molar-refractivity contribution is 0.464. The topological polar surface area (TPSA) is 47.0 Å². The van der Waals surface area contributed by atoms with Crippen molar-refractivity contribution in [1.29, 1.82) is 0 Å². The summed E-state index contributed by atoms with van der Waals surface area (Å²) >= 11 is 0. The van der Waals surface area contributed by atoms with Gasteiger partial charge in [-0.2, -0.15) is 0 Å². The fourth-order valence-electron chi connectivity index (χ4n) is 1.60. The predicted octanol–water partition coefficient (Wildman–Crippen LogP) is 2.69. The van der Waals surface area contributed by atoms with Crippen LogP contribution in [-0.2, 0) is 6.54 Å². The molecule has 0 saturated carbocycles. The SMILES string of the molecule is CCNCc1ccncc1Oc1cccnc1C. The third-order valence-electron chi connectivity index (χ3n) is 2.61. The summed E-state index contributed by atoms with van der Waals surface area (Å²) in [5, 5.41) is 3.28. The van der Waals surface area contributed by atoms with Gasteiger partial charge in [-0.1, -0.05) is 6.92 Å². The monoisotopic (exact) mass is 243 g/mol. The zero-order valence-electron chi connectivity index (χ0n) is 10.7. The Morgan fingerprint density at radius 3 is 2.89 bits per heavy atom. The van der Waals surface area contributed by atoms with Gasteiger partial charge in [0.25, 0.3) is 0 Å². The normalized spacial score (nSPS) is 10.3. The second-order valence-corrected chi connectivity index (χ2v) is 3.95. The van der Waals surface area contributed by atoms with E-state index >= 15 is 0 Å². The standard InChI is InChI=1S/C14H17N3O/c1-3-15-9-12-6-8-16-10-14(12)18-13-5-4-7-17-11(13)2/h4-8,10,15H,3,9H2,1-2H3. The minimum absolute atomic E-state index is 0.767. The van der Waals surface area contributed by atoms with E-state index in [0.29, 0.717) is 0 Å². The first-order valence-corrected chi connectivity index (χ1v) is 6.04. The Balaban J connectivity index is 2.21. The number of ether oxygens (including phenoxy) is 1. The number of aryl methyl sites for hydroxylation is 1. The molecule has 1 N–H and O–H groups in total. The molecule has 2 rings (SSSR count). The Bertz CT molecular complexity index is 514. The maximum absolute atomic E-state index is 5.87. The molecule has 2 heterocycles. The van der Waals surface area contributed by atoms with Crippen molar-refractivity contribution in [3.05, 3.63) is 48.0 Å². The Morgan fingerprint density at radius 2 is 2.11 bits per heavy atom. The van der Waals surface area contributed by atoms with E-state index in [1.54, 1.807) is 18.6 Å². The van der Waals surface area contributed by atoms with Crippen molar-refractivity contribution in [2.75, 3.05) is 6.54 Å². The van der Waals surface area contributed by atoms with E-state index in [9.17, 15) is 0 Å². The molecule has 0 unspecified atom stereocenters. The fourth-order valence-corrected chi connectivity index (χ4v) is 1.60. The molecule has 0 aliphatic heterocycles. The number of hydrogen-bond acceptors (Lipinski definition) is 4. The number of hydrogen-bond donors (Lipinski definition) is 1. The van der Waals surface area contributed by atoms with Gasteiger partial charge in [-0.15, -0.1) is 0 Å². The number of nitrogens with zero attached hydrogens (tertiary/aromatic N) is 2. The molecule has 0 amide bonds. The summed E-state index contributed by atoms with van der Waals surface area (Å²) < 4.78 is 5.87. The van der Waals surface area contributed by atoms with Crippen LogP contribution < -0.4 is 10.1 Å². The highest BCUT2D eigenvalue weighted by molar-refractivity contribution is 5.36. The first-order valence-electron chi connectivity index (χ1n) is 6.04. The van der Waals surface area contributed by atoms with Crippen LogP contribution in [0, 0.1) is 6.92 Å². The molecule has 0 saturated heterocycles. The van der Waals surface area contributed by atoms with Crippen LogP contribution in [0.2, 0.25) is 0 Å². The molecule has 0 aliphatic carbocycles. The van der Waals surface area contributed by atoms with Gasteiger partial charge < -0.3 is 10.1 Å². The highest BCUT2D eigenvalue weighted by Gasteiger charge is 2.06. The van der Waals surface area contributed by atoms with Crippen LogP contribution in [0.5, 0.6) is 11.5 Å². The summed E-state index contributed by atoms with van der Waals surface area (Å²) in [6.45, 7) is 5.70. The summed E-state index contributed by atoms with van der Waals surface area (Å²) in [6.07, 6.45) is 5.26. The van der Waals surface area contributed by atoms with Crippen molar-refractivity contribution in [3.63, 3.8) is 0 Å². The van der Waals surface area contributed by atoms with E-state index < -0.39 is 0 Å². The number of rotatable bonds is 5. The first kappa shape index (κ1) is 12.5. The molecule has 4 nitrogen and oxygen atoms in total. The molecular weight excluding hydrogens is 226 g/mol. The van der Waals surface area contributed by atoms with Crippen LogP contribution in [0.4, 0.5) is 0 Å². The summed E-state index contributed by atoms with van der Waals surface area (Å²) in [6, 6.07) is 5.73. The van der Waals surface area contributed by atoms with Crippen molar-refractivity contribution in [2.24, 2.45) is 0 Å². The molecule has 0 spiro atoms.